The maximum Gasteiger partial charge on any atom is 0.336 e. The van der Waals surface area contributed by atoms with Crippen LogP contribution in [0, 0.1) is 0 Å². The van der Waals surface area contributed by atoms with Crippen LogP contribution in [0.4, 0.5) is 0 Å². The number of carboxylic acid groups (broad SMARTS) is 2. The number of nitrogens with two attached hydrogens (primary N) is 1. The van der Waals surface area contributed by atoms with Crippen molar-refractivity contribution < 1.29 is 34.5 Å². The van der Waals surface area contributed by atoms with Crippen LogP contribution in [0.3, 0.4) is 0 Å². The lowest BCUT2D eigenvalue weighted by atomic mass is 9.96. The lowest BCUT2D eigenvalue weighted by molar-refractivity contribution is -0.172. The minimum Gasteiger partial charge on any atom is -0.481 e. The molecule has 0 saturated carbocycles. The van der Waals surface area contributed by atoms with Gasteiger partial charge in [0, 0.05) is 6.42 Å². The monoisotopic (exact) mass is 301 g/mol. The molecule has 0 saturated heterocycles. The van der Waals surface area contributed by atoms with Crippen molar-refractivity contribution in [1.82, 2.24) is 9.71 Å². The Bertz CT molecular complexity index is 542. The third-order valence-corrected chi connectivity index (χ3v) is 2.56. The molecule has 21 heavy (non-hydrogen) atoms. The van der Waals surface area contributed by atoms with Gasteiger partial charge in [0.05, 0.1) is 24.7 Å². The van der Waals surface area contributed by atoms with Crippen LogP contribution in [0.25, 0.3) is 0 Å². The van der Waals surface area contributed by atoms with E-state index in [1.165, 1.54) is 12.5 Å². The first-order valence-corrected chi connectivity index (χ1v) is 5.88. The predicted molar refractivity (Wildman–Crippen MR) is 66.0 cm³/mol. The normalized spacial score (nSPS) is 13.4. The van der Waals surface area contributed by atoms with E-state index < -0.39 is 36.4 Å². The molecule has 1 atom stereocenters. The number of aliphatic carboxylic acids is 2. The second-order valence-corrected chi connectivity index (χ2v) is 4.30. The van der Waals surface area contributed by atoms with Crippen LogP contribution in [-0.4, -0.2) is 55.1 Å². The maximum atomic E-state index is 11.7. The first-order chi connectivity index (χ1) is 9.78. The van der Waals surface area contributed by atoms with Crippen LogP contribution in [0.15, 0.2) is 12.5 Å². The summed E-state index contributed by atoms with van der Waals surface area (Å²) in [7, 11) is 0. The van der Waals surface area contributed by atoms with Gasteiger partial charge >= 0.3 is 17.9 Å². The van der Waals surface area contributed by atoms with Crippen molar-refractivity contribution in [2.45, 2.75) is 24.9 Å². The minimum atomic E-state index is -2.74. The highest BCUT2D eigenvalue weighted by Gasteiger charge is 2.41. The number of imidazole rings is 1. The molecule has 0 fully saturated rings. The van der Waals surface area contributed by atoms with Gasteiger partial charge in [-0.25, -0.2) is 14.6 Å². The fraction of sp³-hybridized carbons (Fsp3) is 0.455. The number of carbonyl (C=O) groups excluding carboxylic acids is 1. The van der Waals surface area contributed by atoms with Crippen molar-refractivity contribution in [2.75, 3.05) is 6.54 Å². The highest BCUT2D eigenvalue weighted by Crippen LogP contribution is 2.16. The van der Waals surface area contributed by atoms with Crippen LogP contribution in [0.2, 0.25) is 0 Å². The van der Waals surface area contributed by atoms with Crippen molar-refractivity contribution in [3.8, 4) is 0 Å². The third kappa shape index (κ3) is 4.54. The Kier molecular flexibility index (Phi) is 5.38. The summed E-state index contributed by atoms with van der Waals surface area (Å²) < 4.78 is 0.984. The average Bonchev–Trinajstić information content (AvgIpc) is 2.75. The van der Waals surface area contributed by atoms with Gasteiger partial charge in [-0.15, -0.1) is 0 Å². The summed E-state index contributed by atoms with van der Waals surface area (Å²) in [5.41, 5.74) is 3.09. The number of hydrogen-bond donors (Lipinski definition) is 4. The summed E-state index contributed by atoms with van der Waals surface area (Å²) in [4.78, 5) is 41.6. The molecule has 116 valence electrons. The van der Waals surface area contributed by atoms with Crippen molar-refractivity contribution in [1.29, 1.82) is 0 Å². The minimum absolute atomic E-state index is 0.279. The van der Waals surface area contributed by atoms with Crippen molar-refractivity contribution in [2.24, 2.45) is 5.73 Å². The van der Waals surface area contributed by atoms with Crippen LogP contribution in [-0.2, 0) is 20.8 Å². The third-order valence-electron chi connectivity index (χ3n) is 2.56. The Morgan fingerprint density at radius 3 is 2.52 bits per heavy atom. The van der Waals surface area contributed by atoms with E-state index in [0.29, 0.717) is 12.1 Å². The summed E-state index contributed by atoms with van der Waals surface area (Å²) in [6, 6.07) is 0. The van der Waals surface area contributed by atoms with E-state index >= 15 is 0 Å². The van der Waals surface area contributed by atoms with Crippen LogP contribution < -0.4 is 10.6 Å². The van der Waals surface area contributed by atoms with Crippen molar-refractivity contribution in [3.63, 3.8) is 0 Å². The van der Waals surface area contributed by atoms with E-state index in [1.54, 1.807) is 0 Å². The topological polar surface area (TPSA) is 165 Å². The second-order valence-electron chi connectivity index (χ2n) is 4.30. The molecule has 0 aliphatic carbocycles. The summed E-state index contributed by atoms with van der Waals surface area (Å²) in [5, 5.41) is 27.1. The van der Waals surface area contributed by atoms with Crippen LogP contribution >= 0.6 is 0 Å². The van der Waals surface area contributed by atoms with Crippen molar-refractivity contribution >= 4 is 17.9 Å². The van der Waals surface area contributed by atoms with E-state index in [0.717, 1.165) is 4.73 Å². The molecule has 5 N–H and O–H groups in total. The number of carbonyl (C=O) groups is 3. The number of hydrogen-bond acceptors (Lipinski definition) is 7. The summed E-state index contributed by atoms with van der Waals surface area (Å²) in [6.07, 6.45) is 0.790. The van der Waals surface area contributed by atoms with Gasteiger partial charge in [-0.05, 0) is 6.54 Å². The Balaban J connectivity index is 2.76. The Labute approximate surface area is 118 Å². The smallest absolute Gasteiger partial charge is 0.336 e. The summed E-state index contributed by atoms with van der Waals surface area (Å²) >= 11 is 0. The summed E-state index contributed by atoms with van der Waals surface area (Å²) in [6.45, 7) is 0.279. The highest BCUT2D eigenvalue weighted by atomic mass is 16.7. The first kappa shape index (κ1) is 16.6. The predicted octanol–water partition coefficient (Wildman–Crippen LogP) is -1.98. The number of aromatic nitrogens is 2. The molecule has 0 amide bonds. The maximum absolute atomic E-state index is 11.7. The zero-order chi connectivity index (χ0) is 16.0. The van der Waals surface area contributed by atoms with Crippen molar-refractivity contribution in [3.05, 3.63) is 18.2 Å². The molecule has 10 heteroatoms. The molecule has 0 bridgehead atoms. The molecule has 0 aliphatic rings. The van der Waals surface area contributed by atoms with E-state index in [-0.39, 0.29) is 6.54 Å². The average molecular weight is 301 g/mol. The number of aliphatic hydroxyl groups is 1. The molecule has 1 aromatic heterocycles. The zero-order valence-corrected chi connectivity index (χ0v) is 10.9. The van der Waals surface area contributed by atoms with E-state index in [4.69, 9.17) is 20.8 Å². The van der Waals surface area contributed by atoms with Gasteiger partial charge in [-0.3, -0.25) is 4.79 Å². The number of rotatable bonds is 8. The van der Waals surface area contributed by atoms with Gasteiger partial charge in [0.1, 0.15) is 6.33 Å². The molecule has 0 aliphatic heterocycles. The lowest BCUT2D eigenvalue weighted by Gasteiger charge is -2.20. The molecule has 1 aromatic rings. The van der Waals surface area contributed by atoms with Gasteiger partial charge in [0.2, 0.25) is 0 Å². The molecular formula is C11H15N3O7. The zero-order valence-electron chi connectivity index (χ0n) is 10.9. The van der Waals surface area contributed by atoms with Gasteiger partial charge in [-0.2, -0.15) is 4.73 Å². The largest absolute Gasteiger partial charge is 0.481 e. The molecule has 1 heterocycles. The van der Waals surface area contributed by atoms with Crippen LogP contribution in [0.5, 0.6) is 0 Å². The first-order valence-electron chi connectivity index (χ1n) is 5.88. The van der Waals surface area contributed by atoms with Gasteiger partial charge in [-0.1, -0.05) is 0 Å². The van der Waals surface area contributed by atoms with E-state index in [9.17, 15) is 19.5 Å². The standard InChI is InChI=1S/C11H15N3O7/c12-2-1-7-5-13-6-14(7)21-9(17)4-11(20,10(18)19)3-8(15)16/h5-6,20H,1-4,12H2,(H,15,16)(H,18,19). The van der Waals surface area contributed by atoms with Gasteiger partial charge < -0.3 is 25.9 Å². The Morgan fingerprint density at radius 1 is 1.33 bits per heavy atom. The number of carboxylic acids is 2. The molecule has 0 spiro atoms. The Morgan fingerprint density at radius 2 is 2.00 bits per heavy atom. The molecule has 0 radical (unpaired) electrons. The highest BCUT2D eigenvalue weighted by molar-refractivity contribution is 5.88. The SMILES string of the molecule is NCCc1cncn1OC(=O)CC(O)(CC(=O)O)C(=O)O. The molecule has 10 nitrogen and oxygen atoms in total. The molecule has 1 rings (SSSR count). The quantitative estimate of drug-likeness (QED) is 0.425. The van der Waals surface area contributed by atoms with Gasteiger partial charge in [0.25, 0.3) is 0 Å². The molecule has 1 unspecified atom stereocenters. The molecular weight excluding hydrogens is 286 g/mol. The Hall–Kier alpha value is -2.46. The number of nitrogens with zero attached hydrogens (tertiary/aromatic N) is 2. The van der Waals surface area contributed by atoms with E-state index in [1.807, 2.05) is 0 Å². The molecule has 0 aromatic carbocycles. The fourth-order valence-corrected chi connectivity index (χ4v) is 1.56. The summed E-state index contributed by atoms with van der Waals surface area (Å²) in [5.74, 6) is -4.49. The fourth-order valence-electron chi connectivity index (χ4n) is 1.56. The van der Waals surface area contributed by atoms with Gasteiger partial charge in [0.15, 0.2) is 5.60 Å². The van der Waals surface area contributed by atoms with E-state index in [2.05, 4.69) is 4.98 Å². The second kappa shape index (κ2) is 6.81. The van der Waals surface area contributed by atoms with Crippen LogP contribution in [0.1, 0.15) is 18.5 Å². The lowest BCUT2D eigenvalue weighted by Crippen LogP contribution is -2.44.